The van der Waals surface area contributed by atoms with Crippen LogP contribution in [0.1, 0.15) is 41.8 Å². The van der Waals surface area contributed by atoms with Gasteiger partial charge >= 0.3 is 6.18 Å². The minimum atomic E-state index is -4.70. The highest BCUT2D eigenvalue weighted by atomic mass is 35.5. The van der Waals surface area contributed by atoms with Crippen LogP contribution in [0.5, 0.6) is 0 Å². The van der Waals surface area contributed by atoms with Crippen LogP contribution in [0.25, 0.3) is 16.2 Å². The van der Waals surface area contributed by atoms with Crippen LogP contribution in [-0.2, 0) is 12.7 Å². The first kappa shape index (κ1) is 21.3. The maximum Gasteiger partial charge on any atom is 0.433 e. The van der Waals surface area contributed by atoms with Crippen molar-refractivity contribution < 1.29 is 18.0 Å². The Labute approximate surface area is 183 Å². The molecule has 4 aromatic rings. The third-order valence-corrected chi connectivity index (χ3v) is 5.81. The zero-order valence-electron chi connectivity index (χ0n) is 16.3. The lowest BCUT2D eigenvalue weighted by Crippen LogP contribution is -2.27. The van der Waals surface area contributed by atoms with Crippen LogP contribution in [0.2, 0.25) is 4.34 Å². The summed E-state index contributed by atoms with van der Waals surface area (Å²) < 4.78 is 43.8. The molecule has 0 fully saturated rings. The molecule has 0 radical (unpaired) electrons. The monoisotopic (exact) mass is 468 g/mol. The summed E-state index contributed by atoms with van der Waals surface area (Å²) in [6.45, 7) is 4.34. The standard InChI is InChI=1S/C19H16ClF3N6OS/c1-3-28-7-6-11(26-28)10(2)24-18(30)13-9-17-25-12(14-4-5-16(20)31-14)8-15(19(21,22)23)29(17)27-13/h4-10H,3H2,1-2H3,(H,24,30). The molecule has 12 heteroatoms. The molecule has 4 heterocycles. The molecule has 0 spiro atoms. The highest BCUT2D eigenvalue weighted by Crippen LogP contribution is 2.35. The molecule has 4 rings (SSSR count). The van der Waals surface area contributed by atoms with Crippen molar-refractivity contribution in [3.05, 3.63) is 57.9 Å². The van der Waals surface area contributed by atoms with Gasteiger partial charge < -0.3 is 5.32 Å². The minimum Gasteiger partial charge on any atom is -0.342 e. The van der Waals surface area contributed by atoms with E-state index in [9.17, 15) is 18.0 Å². The minimum absolute atomic E-state index is 0.0950. The third-order valence-electron chi connectivity index (χ3n) is 4.55. The van der Waals surface area contributed by atoms with Gasteiger partial charge in [-0.05, 0) is 38.1 Å². The second-order valence-corrected chi connectivity index (χ2v) is 8.43. The summed E-state index contributed by atoms with van der Waals surface area (Å²) in [6.07, 6.45) is -2.92. The van der Waals surface area contributed by atoms with Gasteiger partial charge in [0, 0.05) is 18.8 Å². The van der Waals surface area contributed by atoms with Gasteiger partial charge in [0.2, 0.25) is 0 Å². The van der Waals surface area contributed by atoms with Crippen molar-refractivity contribution in [1.82, 2.24) is 29.7 Å². The van der Waals surface area contributed by atoms with Crippen LogP contribution in [-0.4, -0.2) is 30.3 Å². The van der Waals surface area contributed by atoms with E-state index < -0.39 is 23.8 Å². The van der Waals surface area contributed by atoms with Gasteiger partial charge in [-0.2, -0.15) is 23.4 Å². The van der Waals surface area contributed by atoms with Gasteiger partial charge in [0.05, 0.1) is 26.6 Å². The molecule has 0 aliphatic carbocycles. The van der Waals surface area contributed by atoms with Crippen LogP contribution < -0.4 is 5.32 Å². The molecule has 162 valence electrons. The number of thiophene rings is 1. The first-order chi connectivity index (χ1) is 14.7. The van der Waals surface area contributed by atoms with E-state index in [0.717, 1.165) is 17.4 Å². The SMILES string of the molecule is CCn1ccc(C(C)NC(=O)c2cc3nc(-c4ccc(Cl)s4)cc(C(F)(F)F)n3n2)n1. The number of alkyl halides is 3. The molecule has 4 aromatic heterocycles. The number of fused-ring (bicyclic) bond motifs is 1. The van der Waals surface area contributed by atoms with Crippen LogP contribution in [0.15, 0.2) is 36.5 Å². The Morgan fingerprint density at radius 1 is 1.26 bits per heavy atom. The number of carbonyl (C=O) groups excluding carboxylic acids is 1. The Morgan fingerprint density at radius 2 is 2.03 bits per heavy atom. The summed E-state index contributed by atoms with van der Waals surface area (Å²) in [7, 11) is 0. The van der Waals surface area contributed by atoms with Gasteiger partial charge in [0.25, 0.3) is 5.91 Å². The number of nitrogens with one attached hydrogen (secondary N) is 1. The summed E-state index contributed by atoms with van der Waals surface area (Å²) in [5, 5.41) is 10.9. The Balaban J connectivity index is 1.69. The van der Waals surface area contributed by atoms with E-state index in [2.05, 4.69) is 20.5 Å². The predicted octanol–water partition coefficient (Wildman–Crippen LogP) is 4.84. The van der Waals surface area contributed by atoms with Crippen LogP contribution >= 0.6 is 22.9 Å². The first-order valence-corrected chi connectivity index (χ1v) is 10.4. The van der Waals surface area contributed by atoms with E-state index in [4.69, 9.17) is 11.6 Å². The molecule has 1 atom stereocenters. The number of rotatable bonds is 5. The van der Waals surface area contributed by atoms with Gasteiger partial charge in [-0.1, -0.05) is 11.6 Å². The highest BCUT2D eigenvalue weighted by Gasteiger charge is 2.36. The number of amides is 1. The van der Waals surface area contributed by atoms with Crippen molar-refractivity contribution in [2.75, 3.05) is 0 Å². The summed E-state index contributed by atoms with van der Waals surface area (Å²) in [5.41, 5.74) is -0.582. The Bertz CT molecular complexity index is 1260. The number of aromatic nitrogens is 5. The van der Waals surface area contributed by atoms with E-state index in [1.54, 1.807) is 36.0 Å². The fourth-order valence-corrected chi connectivity index (χ4v) is 4.00. The number of aryl methyl sites for hydroxylation is 1. The van der Waals surface area contributed by atoms with Crippen molar-refractivity contribution in [3.63, 3.8) is 0 Å². The maximum absolute atomic E-state index is 13.7. The molecule has 1 unspecified atom stereocenters. The number of nitrogens with zero attached hydrogens (tertiary/aromatic N) is 5. The third kappa shape index (κ3) is 4.28. The second-order valence-electron chi connectivity index (χ2n) is 6.72. The highest BCUT2D eigenvalue weighted by molar-refractivity contribution is 7.19. The number of halogens is 4. The van der Waals surface area contributed by atoms with Gasteiger partial charge in [-0.25, -0.2) is 9.50 Å². The fraction of sp³-hybridized carbons (Fsp3) is 0.263. The number of hydrogen-bond acceptors (Lipinski definition) is 5. The zero-order chi connectivity index (χ0) is 22.3. The molecule has 0 saturated heterocycles. The van der Waals surface area contributed by atoms with E-state index in [0.29, 0.717) is 26.0 Å². The largest absolute Gasteiger partial charge is 0.433 e. The molecule has 0 aromatic carbocycles. The van der Waals surface area contributed by atoms with Crippen molar-refractivity contribution in [2.24, 2.45) is 0 Å². The van der Waals surface area contributed by atoms with E-state index >= 15 is 0 Å². The van der Waals surface area contributed by atoms with Gasteiger partial charge in [0.15, 0.2) is 17.0 Å². The first-order valence-electron chi connectivity index (χ1n) is 9.23. The average Bonchev–Trinajstić information content (AvgIpc) is 3.44. The van der Waals surface area contributed by atoms with Crippen LogP contribution in [0, 0.1) is 0 Å². The summed E-state index contributed by atoms with van der Waals surface area (Å²) >= 11 is 7.01. The molecule has 0 aliphatic rings. The lowest BCUT2D eigenvalue weighted by Gasteiger charge is -2.11. The van der Waals surface area contributed by atoms with E-state index in [1.807, 2.05) is 6.92 Å². The van der Waals surface area contributed by atoms with E-state index in [-0.39, 0.29) is 17.0 Å². The molecule has 7 nitrogen and oxygen atoms in total. The van der Waals surface area contributed by atoms with Crippen LogP contribution in [0.3, 0.4) is 0 Å². The molecular formula is C19H16ClF3N6OS. The number of carbonyl (C=O) groups is 1. The Hall–Kier alpha value is -2.92. The molecular weight excluding hydrogens is 453 g/mol. The van der Waals surface area contributed by atoms with Crippen molar-refractivity contribution >= 4 is 34.5 Å². The van der Waals surface area contributed by atoms with Crippen LogP contribution in [0.4, 0.5) is 13.2 Å². The van der Waals surface area contributed by atoms with Gasteiger partial charge in [0.1, 0.15) is 0 Å². The zero-order valence-corrected chi connectivity index (χ0v) is 17.9. The summed E-state index contributed by atoms with van der Waals surface area (Å²) in [6, 6.07) is 6.60. The molecule has 0 bridgehead atoms. The molecule has 1 amide bonds. The van der Waals surface area contributed by atoms with Crippen molar-refractivity contribution in [1.29, 1.82) is 0 Å². The topological polar surface area (TPSA) is 77.1 Å². The molecule has 0 saturated carbocycles. The normalized spacial score (nSPS) is 13.0. The Kier molecular flexibility index (Phi) is 5.48. The van der Waals surface area contributed by atoms with Crippen molar-refractivity contribution in [2.45, 2.75) is 32.6 Å². The lowest BCUT2D eigenvalue weighted by molar-refractivity contribution is -0.142. The molecule has 0 aliphatic heterocycles. The lowest BCUT2D eigenvalue weighted by atomic mass is 10.2. The molecule has 1 N–H and O–H groups in total. The summed E-state index contributed by atoms with van der Waals surface area (Å²) in [4.78, 5) is 17.4. The quantitative estimate of drug-likeness (QED) is 0.455. The second kappa shape index (κ2) is 7.97. The number of hydrogen-bond donors (Lipinski definition) is 1. The van der Waals surface area contributed by atoms with E-state index in [1.165, 1.54) is 6.07 Å². The molecule has 31 heavy (non-hydrogen) atoms. The van der Waals surface area contributed by atoms with Gasteiger partial charge in [-0.3, -0.25) is 9.48 Å². The Morgan fingerprint density at radius 3 is 2.65 bits per heavy atom. The fourth-order valence-electron chi connectivity index (χ4n) is 2.99. The smallest absolute Gasteiger partial charge is 0.342 e. The van der Waals surface area contributed by atoms with Crippen molar-refractivity contribution in [3.8, 4) is 10.6 Å². The average molecular weight is 469 g/mol. The maximum atomic E-state index is 13.7. The van der Waals surface area contributed by atoms with Gasteiger partial charge in [-0.15, -0.1) is 11.3 Å². The predicted molar refractivity (Wildman–Crippen MR) is 110 cm³/mol. The summed E-state index contributed by atoms with van der Waals surface area (Å²) in [5.74, 6) is -0.627.